The van der Waals surface area contributed by atoms with Gasteiger partial charge in [-0.3, -0.25) is 4.99 Å². The predicted octanol–water partition coefficient (Wildman–Crippen LogP) is 6.10. The summed E-state index contributed by atoms with van der Waals surface area (Å²) >= 11 is 0. The van der Waals surface area contributed by atoms with Gasteiger partial charge in [0.05, 0.1) is 6.54 Å². The Kier molecular flexibility index (Phi) is 4.22. The number of fused-ring (bicyclic) bond motifs is 5. The normalized spacial score (nSPS) is 53.3. The molecule has 1 heterocycles. The smallest absolute Gasteiger partial charge is 0.187 e. The van der Waals surface area contributed by atoms with Crippen LogP contribution in [0, 0.1) is 46.3 Å². The Hall–Kier alpha value is -0.530. The van der Waals surface area contributed by atoms with E-state index in [9.17, 15) is 0 Å². The fourth-order valence-electron chi connectivity index (χ4n) is 9.08. The van der Waals surface area contributed by atoms with E-state index in [2.05, 4.69) is 20.8 Å². The summed E-state index contributed by atoms with van der Waals surface area (Å²) in [6.45, 7) is 9.53. The van der Waals surface area contributed by atoms with E-state index in [1.54, 1.807) is 0 Å². The van der Waals surface area contributed by atoms with E-state index in [4.69, 9.17) is 9.73 Å². The zero-order valence-corrected chi connectivity index (χ0v) is 17.3. The van der Waals surface area contributed by atoms with E-state index in [0.29, 0.717) is 16.7 Å². The highest BCUT2D eigenvalue weighted by atomic mass is 16.5. The van der Waals surface area contributed by atoms with Crippen molar-refractivity contribution in [3.8, 4) is 0 Å². The third-order valence-corrected chi connectivity index (χ3v) is 10.4. The molecule has 0 saturated heterocycles. The second-order valence-electron chi connectivity index (χ2n) is 10.8. The minimum absolute atomic E-state index is 0.454. The van der Waals surface area contributed by atoms with Crippen molar-refractivity contribution in [1.82, 2.24) is 0 Å². The van der Waals surface area contributed by atoms with Crippen molar-refractivity contribution in [2.45, 2.75) is 85.0 Å². The van der Waals surface area contributed by atoms with Gasteiger partial charge in [-0.15, -0.1) is 0 Å². The van der Waals surface area contributed by atoms with Gasteiger partial charge in [-0.05, 0) is 91.8 Å². The zero-order valence-electron chi connectivity index (χ0n) is 17.3. The summed E-state index contributed by atoms with van der Waals surface area (Å²) in [7, 11) is 0. The Bertz CT molecular complexity index is 585. The molecule has 0 radical (unpaired) electrons. The summed E-state index contributed by atoms with van der Waals surface area (Å²) in [5.74, 6) is 6.58. The summed E-state index contributed by atoms with van der Waals surface area (Å²) in [5, 5.41) is 0. The minimum atomic E-state index is 0.454. The number of hydrogen-bond donors (Lipinski definition) is 0. The van der Waals surface area contributed by atoms with Crippen molar-refractivity contribution in [3.05, 3.63) is 0 Å². The summed E-state index contributed by atoms with van der Waals surface area (Å²) in [6, 6.07) is 0. The molecule has 5 aliphatic rings. The number of rotatable bonds is 2. The van der Waals surface area contributed by atoms with Gasteiger partial charge in [0.1, 0.15) is 6.61 Å². The molecule has 4 aliphatic carbocycles. The molecule has 0 aromatic heterocycles. The van der Waals surface area contributed by atoms with Crippen LogP contribution in [0.15, 0.2) is 4.99 Å². The summed E-state index contributed by atoms with van der Waals surface area (Å²) in [6.07, 6.45) is 14.6. The first-order valence-electron chi connectivity index (χ1n) is 11.8. The zero-order chi connectivity index (χ0) is 17.9. The largest absolute Gasteiger partial charge is 0.479 e. The second-order valence-corrected chi connectivity index (χ2v) is 10.8. The van der Waals surface area contributed by atoms with Gasteiger partial charge >= 0.3 is 0 Å². The molecule has 2 nitrogen and oxygen atoms in total. The quantitative estimate of drug-likeness (QED) is 0.585. The van der Waals surface area contributed by atoms with E-state index >= 15 is 0 Å². The highest BCUT2D eigenvalue weighted by Crippen LogP contribution is 2.68. The molecular weight excluding hydrogens is 318 g/mol. The van der Waals surface area contributed by atoms with Crippen molar-refractivity contribution < 1.29 is 4.74 Å². The molecule has 2 unspecified atom stereocenters. The van der Waals surface area contributed by atoms with Crippen LogP contribution in [-0.2, 0) is 4.74 Å². The van der Waals surface area contributed by atoms with Gasteiger partial charge in [-0.25, -0.2) is 0 Å². The molecule has 2 heteroatoms. The summed E-state index contributed by atoms with van der Waals surface area (Å²) in [4.78, 5) is 4.83. The van der Waals surface area contributed by atoms with Crippen molar-refractivity contribution in [1.29, 1.82) is 0 Å². The van der Waals surface area contributed by atoms with Crippen LogP contribution in [0.5, 0.6) is 0 Å². The minimum Gasteiger partial charge on any atom is -0.479 e. The van der Waals surface area contributed by atoms with Crippen LogP contribution in [0.25, 0.3) is 0 Å². The Balaban J connectivity index is 1.49. The Labute approximate surface area is 160 Å². The molecule has 5 rings (SSSR count). The standard InChI is InChI=1S/C24H39NO/c1-4-16-9-11-19-18-10-8-17-6-5-7-21(22-25-14-15-26-22)24(17,3)20(18)12-13-23(16,19)2/h16-21H,4-15H2,1-3H3/t16-,17?,18-,19-,20-,21?,23+,24-/m0/s1. The lowest BCUT2D eigenvalue weighted by atomic mass is 9.42. The number of nitrogens with zero attached hydrogens (tertiary/aromatic N) is 1. The van der Waals surface area contributed by atoms with Crippen molar-refractivity contribution in [3.63, 3.8) is 0 Å². The van der Waals surface area contributed by atoms with Crippen LogP contribution in [0.3, 0.4) is 0 Å². The maximum Gasteiger partial charge on any atom is 0.187 e. The molecule has 0 bridgehead atoms. The fourth-order valence-corrected chi connectivity index (χ4v) is 9.08. The van der Waals surface area contributed by atoms with Gasteiger partial charge in [0, 0.05) is 5.92 Å². The van der Waals surface area contributed by atoms with Gasteiger partial charge in [0.15, 0.2) is 5.90 Å². The van der Waals surface area contributed by atoms with Crippen LogP contribution in [-0.4, -0.2) is 19.0 Å². The molecular formula is C24H39NO. The molecule has 4 fully saturated rings. The molecule has 1 aliphatic heterocycles. The predicted molar refractivity (Wildman–Crippen MR) is 107 cm³/mol. The van der Waals surface area contributed by atoms with Crippen LogP contribution < -0.4 is 0 Å². The fraction of sp³-hybridized carbons (Fsp3) is 0.958. The van der Waals surface area contributed by atoms with E-state index in [1.165, 1.54) is 64.2 Å². The molecule has 0 amide bonds. The molecule has 4 saturated carbocycles. The lowest BCUT2D eigenvalue weighted by Crippen LogP contribution is -2.57. The lowest BCUT2D eigenvalue weighted by Gasteiger charge is -2.62. The van der Waals surface area contributed by atoms with Gasteiger partial charge in [0.2, 0.25) is 0 Å². The van der Waals surface area contributed by atoms with E-state index < -0.39 is 0 Å². The third-order valence-electron chi connectivity index (χ3n) is 10.4. The highest BCUT2D eigenvalue weighted by molar-refractivity contribution is 5.81. The van der Waals surface area contributed by atoms with Gasteiger partial charge in [-0.2, -0.15) is 0 Å². The van der Waals surface area contributed by atoms with Crippen LogP contribution >= 0.6 is 0 Å². The number of aliphatic imine (C=N–C) groups is 1. The molecule has 8 atom stereocenters. The monoisotopic (exact) mass is 357 g/mol. The lowest BCUT2D eigenvalue weighted by molar-refractivity contribution is -0.126. The average Bonchev–Trinajstić information content (AvgIpc) is 3.27. The van der Waals surface area contributed by atoms with Crippen molar-refractivity contribution in [2.24, 2.45) is 51.3 Å². The first kappa shape index (κ1) is 17.6. The van der Waals surface area contributed by atoms with E-state index in [0.717, 1.165) is 48.6 Å². The number of hydrogen-bond acceptors (Lipinski definition) is 2. The molecule has 146 valence electrons. The van der Waals surface area contributed by atoms with Crippen LogP contribution in [0.1, 0.15) is 85.0 Å². The maximum atomic E-state index is 6.08. The molecule has 0 spiro atoms. The first-order valence-corrected chi connectivity index (χ1v) is 11.8. The first-order chi connectivity index (χ1) is 12.6. The molecule has 0 N–H and O–H groups in total. The Morgan fingerprint density at radius 3 is 2.65 bits per heavy atom. The molecule has 0 aromatic carbocycles. The SMILES string of the molecule is CC[C@H]1CC[C@H]2[C@@H]3CCC4CCCC(C5=NCCO5)[C@]4(C)[C@H]3CC[C@]12C. The molecule has 0 aromatic rings. The third kappa shape index (κ3) is 2.26. The average molecular weight is 358 g/mol. The maximum absolute atomic E-state index is 6.08. The highest BCUT2D eigenvalue weighted by Gasteiger charge is 2.62. The second kappa shape index (κ2) is 6.24. The van der Waals surface area contributed by atoms with Crippen LogP contribution in [0.4, 0.5) is 0 Å². The Morgan fingerprint density at radius 1 is 1.00 bits per heavy atom. The Morgan fingerprint density at radius 2 is 1.88 bits per heavy atom. The van der Waals surface area contributed by atoms with Gasteiger partial charge < -0.3 is 4.74 Å². The summed E-state index contributed by atoms with van der Waals surface area (Å²) < 4.78 is 6.08. The molecule has 26 heavy (non-hydrogen) atoms. The van der Waals surface area contributed by atoms with Gasteiger partial charge in [0.25, 0.3) is 0 Å². The van der Waals surface area contributed by atoms with Gasteiger partial charge in [-0.1, -0.05) is 33.6 Å². The topological polar surface area (TPSA) is 21.6 Å². The van der Waals surface area contributed by atoms with E-state index in [-0.39, 0.29) is 0 Å². The summed E-state index contributed by atoms with van der Waals surface area (Å²) in [5.41, 5.74) is 1.10. The number of ether oxygens (including phenoxy) is 1. The van der Waals surface area contributed by atoms with E-state index in [1.807, 2.05) is 0 Å². The van der Waals surface area contributed by atoms with Crippen LogP contribution in [0.2, 0.25) is 0 Å². The van der Waals surface area contributed by atoms with Crippen molar-refractivity contribution in [2.75, 3.05) is 13.2 Å². The van der Waals surface area contributed by atoms with Crippen molar-refractivity contribution >= 4 is 5.90 Å².